The van der Waals surface area contributed by atoms with E-state index in [1.165, 1.54) is 0 Å². The van der Waals surface area contributed by atoms with Crippen molar-refractivity contribution in [3.8, 4) is 17.2 Å². The Hall–Kier alpha value is -4.49. The van der Waals surface area contributed by atoms with Crippen molar-refractivity contribution in [3.63, 3.8) is 0 Å². The van der Waals surface area contributed by atoms with Gasteiger partial charge in [0.1, 0.15) is 5.75 Å². The predicted molar refractivity (Wildman–Crippen MR) is 186 cm³/mol. The molecular formula is C38H45N3O9. The zero-order valence-electron chi connectivity index (χ0n) is 28.3. The molecule has 0 aliphatic carbocycles. The highest BCUT2D eigenvalue weighted by molar-refractivity contribution is 6.03. The molecule has 0 radical (unpaired) electrons. The van der Waals surface area contributed by atoms with Crippen molar-refractivity contribution in [2.24, 2.45) is 10.1 Å². The van der Waals surface area contributed by atoms with E-state index in [9.17, 15) is 25.2 Å². The van der Waals surface area contributed by atoms with E-state index in [1.807, 2.05) is 29.3 Å². The van der Waals surface area contributed by atoms with Crippen LogP contribution in [0.15, 0.2) is 52.6 Å². The van der Waals surface area contributed by atoms with Gasteiger partial charge in [-0.3, -0.25) is 9.79 Å². The second-order valence-corrected chi connectivity index (χ2v) is 12.7. The summed E-state index contributed by atoms with van der Waals surface area (Å²) in [6, 6.07) is 12.7. The standard InChI is InChI=1S/C38H45N3O9/c1-47-34-9-8-24(36-17-32(40-50-36)25-13-26(20-42)31(23-45)27(14-25)21-43)16-37(34)49-12-5-3-2-4-11-48-35-18-33-30(15-28(35)22-44)38(46)41-10-6-7-29(41)19-39-33/h8-9,13-16,18-19,29,36,42-45H,2-7,10-12,17,20-23H2,1H3/t29-,36?/m0/s1. The fourth-order valence-corrected chi connectivity index (χ4v) is 6.77. The molecule has 12 heteroatoms. The zero-order chi connectivity index (χ0) is 35.0. The van der Waals surface area contributed by atoms with Crippen LogP contribution in [0.4, 0.5) is 5.69 Å². The van der Waals surface area contributed by atoms with Crippen molar-refractivity contribution >= 4 is 23.5 Å². The molecular weight excluding hydrogens is 642 g/mol. The molecule has 4 N–H and O–H groups in total. The van der Waals surface area contributed by atoms with Crippen LogP contribution in [-0.4, -0.2) is 76.1 Å². The van der Waals surface area contributed by atoms with E-state index in [2.05, 4.69) is 10.1 Å². The number of benzene rings is 3. The number of amides is 1. The van der Waals surface area contributed by atoms with Crippen molar-refractivity contribution in [2.75, 3.05) is 26.9 Å². The van der Waals surface area contributed by atoms with E-state index < -0.39 is 0 Å². The first-order chi connectivity index (χ1) is 24.5. The Labute approximate surface area is 291 Å². The monoisotopic (exact) mass is 687 g/mol. The topological polar surface area (TPSA) is 163 Å². The van der Waals surface area contributed by atoms with E-state index >= 15 is 0 Å². The third kappa shape index (κ3) is 7.63. The van der Waals surface area contributed by atoms with Gasteiger partial charge in [0.2, 0.25) is 0 Å². The van der Waals surface area contributed by atoms with Gasteiger partial charge in [-0.15, -0.1) is 0 Å². The van der Waals surface area contributed by atoms with Crippen LogP contribution < -0.4 is 14.2 Å². The number of nitrogens with zero attached hydrogens (tertiary/aromatic N) is 3. The number of aliphatic hydroxyl groups excluding tert-OH is 4. The molecule has 0 spiro atoms. The van der Waals surface area contributed by atoms with Crippen LogP contribution in [0, 0.1) is 0 Å². The Kier molecular flexibility index (Phi) is 11.6. The van der Waals surface area contributed by atoms with Gasteiger partial charge in [-0.2, -0.15) is 0 Å². The molecule has 50 heavy (non-hydrogen) atoms. The Morgan fingerprint density at radius 2 is 1.56 bits per heavy atom. The van der Waals surface area contributed by atoms with Gasteiger partial charge in [-0.1, -0.05) is 11.2 Å². The first-order valence-corrected chi connectivity index (χ1v) is 17.2. The third-order valence-electron chi connectivity index (χ3n) is 9.57. The fraction of sp³-hybridized carbons (Fsp3) is 0.447. The molecule has 1 unspecified atom stereocenters. The number of carbonyl (C=O) groups excluding carboxylic acids is 1. The van der Waals surface area contributed by atoms with Gasteiger partial charge in [0, 0.05) is 36.4 Å². The first kappa shape index (κ1) is 35.3. The van der Waals surface area contributed by atoms with Gasteiger partial charge in [-0.25, -0.2) is 0 Å². The molecule has 1 amide bonds. The lowest BCUT2D eigenvalue weighted by Crippen LogP contribution is -2.35. The number of hydrogen-bond acceptors (Lipinski definition) is 11. The van der Waals surface area contributed by atoms with E-state index in [4.69, 9.17) is 19.0 Å². The van der Waals surface area contributed by atoms with Crippen LogP contribution in [0.3, 0.4) is 0 Å². The normalized spacial score (nSPS) is 18.0. The molecule has 0 saturated carbocycles. The number of aliphatic hydroxyl groups is 4. The van der Waals surface area contributed by atoms with E-state index in [0.29, 0.717) is 76.1 Å². The maximum absolute atomic E-state index is 13.1. The molecule has 3 aromatic rings. The smallest absolute Gasteiger partial charge is 0.256 e. The summed E-state index contributed by atoms with van der Waals surface area (Å²) < 4.78 is 17.7. The maximum Gasteiger partial charge on any atom is 0.256 e. The van der Waals surface area contributed by atoms with Crippen LogP contribution in [0.2, 0.25) is 0 Å². The molecule has 0 aromatic heterocycles. The Bertz CT molecular complexity index is 1720. The molecule has 3 aromatic carbocycles. The van der Waals surface area contributed by atoms with Crippen LogP contribution in [0.5, 0.6) is 17.2 Å². The lowest BCUT2D eigenvalue weighted by molar-refractivity contribution is 0.0774. The summed E-state index contributed by atoms with van der Waals surface area (Å²) >= 11 is 0. The summed E-state index contributed by atoms with van der Waals surface area (Å²) in [5.41, 5.74) is 5.58. The van der Waals surface area contributed by atoms with Crippen molar-refractivity contribution in [3.05, 3.63) is 81.4 Å². The van der Waals surface area contributed by atoms with Crippen molar-refractivity contribution in [2.45, 2.75) is 83.5 Å². The largest absolute Gasteiger partial charge is 0.493 e. The zero-order valence-corrected chi connectivity index (χ0v) is 28.3. The fourth-order valence-electron chi connectivity index (χ4n) is 6.77. The average molecular weight is 688 g/mol. The third-order valence-corrected chi connectivity index (χ3v) is 9.57. The Morgan fingerprint density at radius 1 is 0.840 bits per heavy atom. The summed E-state index contributed by atoms with van der Waals surface area (Å²) in [5.74, 6) is 1.75. The van der Waals surface area contributed by atoms with Gasteiger partial charge < -0.3 is 44.4 Å². The van der Waals surface area contributed by atoms with Gasteiger partial charge in [0.15, 0.2) is 17.6 Å². The van der Waals surface area contributed by atoms with Crippen LogP contribution in [0.1, 0.15) is 94.8 Å². The first-order valence-electron chi connectivity index (χ1n) is 17.2. The second kappa shape index (κ2) is 16.5. The molecule has 0 bridgehead atoms. The van der Waals surface area contributed by atoms with Crippen LogP contribution >= 0.6 is 0 Å². The Morgan fingerprint density at radius 3 is 2.24 bits per heavy atom. The van der Waals surface area contributed by atoms with Gasteiger partial charge >= 0.3 is 0 Å². The maximum atomic E-state index is 13.1. The van der Waals surface area contributed by atoms with Gasteiger partial charge in [0.25, 0.3) is 5.91 Å². The number of unbranched alkanes of at least 4 members (excludes halogenated alkanes) is 3. The second-order valence-electron chi connectivity index (χ2n) is 12.7. The highest BCUT2D eigenvalue weighted by atomic mass is 16.6. The minimum Gasteiger partial charge on any atom is -0.493 e. The van der Waals surface area contributed by atoms with Crippen molar-refractivity contribution in [1.82, 2.24) is 4.90 Å². The summed E-state index contributed by atoms with van der Waals surface area (Å²) in [5, 5.41) is 43.6. The number of hydrogen-bond donors (Lipinski definition) is 4. The quantitative estimate of drug-likeness (QED) is 0.154. The van der Waals surface area contributed by atoms with Crippen molar-refractivity contribution in [1.29, 1.82) is 0 Å². The molecule has 12 nitrogen and oxygen atoms in total. The molecule has 1 fully saturated rings. The number of oxime groups is 1. The van der Waals surface area contributed by atoms with Gasteiger partial charge in [0.05, 0.1) is 69.8 Å². The highest BCUT2D eigenvalue weighted by Crippen LogP contribution is 2.37. The molecule has 266 valence electrons. The molecule has 3 aliphatic heterocycles. The van der Waals surface area contributed by atoms with E-state index in [-0.39, 0.29) is 44.5 Å². The van der Waals surface area contributed by atoms with E-state index in [1.54, 1.807) is 31.4 Å². The molecule has 2 atom stereocenters. The van der Waals surface area contributed by atoms with Gasteiger partial charge in [-0.05, 0) is 91.1 Å². The minimum absolute atomic E-state index is 0.0300. The lowest BCUT2D eigenvalue weighted by atomic mass is 9.94. The lowest BCUT2D eigenvalue weighted by Gasteiger charge is -2.20. The van der Waals surface area contributed by atoms with Crippen molar-refractivity contribution < 1.29 is 44.3 Å². The van der Waals surface area contributed by atoms with Crippen LogP contribution in [-0.2, 0) is 31.3 Å². The molecule has 6 rings (SSSR count). The number of fused-ring (bicyclic) bond motifs is 2. The number of carbonyl (C=O) groups is 1. The number of ether oxygens (including phenoxy) is 3. The van der Waals surface area contributed by atoms with E-state index in [0.717, 1.165) is 56.2 Å². The molecule has 3 aliphatic rings. The molecule has 3 heterocycles. The predicted octanol–water partition coefficient (Wildman–Crippen LogP) is 4.87. The summed E-state index contributed by atoms with van der Waals surface area (Å²) in [4.78, 5) is 25.3. The molecule has 1 saturated heterocycles. The Balaban J connectivity index is 0.972. The number of methoxy groups -OCH3 is 1. The highest BCUT2D eigenvalue weighted by Gasteiger charge is 2.32. The summed E-state index contributed by atoms with van der Waals surface area (Å²) in [7, 11) is 1.60. The van der Waals surface area contributed by atoms with Crippen LogP contribution in [0.25, 0.3) is 0 Å². The minimum atomic E-state index is -0.346. The average Bonchev–Trinajstić information content (AvgIpc) is 3.82. The SMILES string of the molecule is COc1ccc(C2CC(c3cc(CO)c(CO)c(CO)c3)=NO2)cc1OCCCCCCOc1cc2c(cc1CO)C(=O)N1CCC[C@H]1C=N2. The summed E-state index contributed by atoms with van der Waals surface area (Å²) in [6.07, 6.45) is 7.40. The number of rotatable bonds is 16. The number of aliphatic imine (C=N–C) groups is 1. The summed E-state index contributed by atoms with van der Waals surface area (Å²) in [6.45, 7) is 0.689.